The van der Waals surface area contributed by atoms with E-state index in [4.69, 9.17) is 9.47 Å². The summed E-state index contributed by atoms with van der Waals surface area (Å²) in [5.74, 6) is 0.506. The zero-order valence-electron chi connectivity index (χ0n) is 14.5. The molecule has 0 saturated heterocycles. The van der Waals surface area contributed by atoms with Gasteiger partial charge in [0.25, 0.3) is 5.91 Å². The van der Waals surface area contributed by atoms with Crippen molar-refractivity contribution >= 4 is 5.91 Å². The van der Waals surface area contributed by atoms with Crippen molar-refractivity contribution in [1.29, 1.82) is 0 Å². The highest BCUT2D eigenvalue weighted by Gasteiger charge is 2.30. The van der Waals surface area contributed by atoms with Crippen LogP contribution in [-0.2, 0) is 11.0 Å². The van der Waals surface area contributed by atoms with E-state index < -0.39 is 23.7 Å². The van der Waals surface area contributed by atoms with Crippen LogP contribution in [0, 0.1) is 0 Å². The summed E-state index contributed by atoms with van der Waals surface area (Å²) < 4.78 is 49.2. The molecule has 0 aliphatic carbocycles. The highest BCUT2D eigenvalue weighted by atomic mass is 19.4. The molecule has 0 heterocycles. The van der Waals surface area contributed by atoms with Crippen LogP contribution in [0.15, 0.2) is 48.5 Å². The van der Waals surface area contributed by atoms with Gasteiger partial charge >= 0.3 is 6.18 Å². The molecule has 0 fully saturated rings. The first-order valence-electron chi connectivity index (χ1n) is 8.12. The van der Waals surface area contributed by atoms with Gasteiger partial charge in [-0.05, 0) is 43.7 Å². The minimum absolute atomic E-state index is 0.270. The van der Waals surface area contributed by atoms with Crippen LogP contribution in [0.1, 0.15) is 31.0 Å². The maximum Gasteiger partial charge on any atom is 0.416 e. The van der Waals surface area contributed by atoms with Gasteiger partial charge in [0.1, 0.15) is 0 Å². The molecule has 0 aliphatic rings. The number of carbonyl (C=O) groups is 1. The Morgan fingerprint density at radius 1 is 1.08 bits per heavy atom. The maximum atomic E-state index is 12.8. The average molecular weight is 367 g/mol. The molecule has 140 valence electrons. The molecule has 0 aliphatic heterocycles. The van der Waals surface area contributed by atoms with E-state index in [9.17, 15) is 18.0 Å². The lowest BCUT2D eigenvalue weighted by Crippen LogP contribution is -2.31. The maximum absolute atomic E-state index is 12.8. The summed E-state index contributed by atoms with van der Waals surface area (Å²) in [5.41, 5.74) is -0.388. The Morgan fingerprint density at radius 3 is 2.35 bits per heavy atom. The van der Waals surface area contributed by atoms with E-state index in [-0.39, 0.29) is 6.61 Å². The van der Waals surface area contributed by atoms with Crippen LogP contribution in [0.3, 0.4) is 0 Å². The lowest BCUT2D eigenvalue weighted by atomic mass is 10.0. The largest absolute Gasteiger partial charge is 0.490 e. The van der Waals surface area contributed by atoms with Crippen LogP contribution in [0.4, 0.5) is 13.2 Å². The number of nitrogens with one attached hydrogen (secondary N) is 1. The van der Waals surface area contributed by atoms with Gasteiger partial charge in [0, 0.05) is 0 Å². The number of para-hydroxylation sites is 2. The molecule has 0 aromatic heterocycles. The normalized spacial score (nSPS) is 12.3. The van der Waals surface area contributed by atoms with Gasteiger partial charge in [-0.2, -0.15) is 13.2 Å². The monoisotopic (exact) mass is 367 g/mol. The predicted molar refractivity (Wildman–Crippen MR) is 91.1 cm³/mol. The van der Waals surface area contributed by atoms with Crippen LogP contribution in [-0.4, -0.2) is 19.1 Å². The number of amides is 1. The van der Waals surface area contributed by atoms with Crippen LogP contribution in [0.2, 0.25) is 0 Å². The number of ether oxygens (including phenoxy) is 2. The van der Waals surface area contributed by atoms with Crippen LogP contribution in [0.25, 0.3) is 0 Å². The molecule has 0 spiro atoms. The SMILES string of the molecule is CCOc1ccccc1OCC(=O)NC(C)c1cccc(C(F)(F)F)c1. The van der Waals surface area contributed by atoms with Crippen LogP contribution >= 0.6 is 0 Å². The molecule has 0 bridgehead atoms. The predicted octanol–water partition coefficient (Wildman–Crippen LogP) is 4.36. The van der Waals surface area contributed by atoms with Crippen molar-refractivity contribution < 1.29 is 27.4 Å². The van der Waals surface area contributed by atoms with Gasteiger partial charge in [-0.25, -0.2) is 0 Å². The van der Waals surface area contributed by atoms with Gasteiger partial charge in [-0.1, -0.05) is 24.3 Å². The zero-order valence-corrected chi connectivity index (χ0v) is 14.5. The fraction of sp³-hybridized carbons (Fsp3) is 0.316. The third kappa shape index (κ3) is 5.40. The van der Waals surface area contributed by atoms with Crippen molar-refractivity contribution in [2.75, 3.05) is 13.2 Å². The van der Waals surface area contributed by atoms with E-state index in [0.717, 1.165) is 12.1 Å². The molecule has 1 N–H and O–H groups in total. The smallest absolute Gasteiger partial charge is 0.416 e. The van der Waals surface area contributed by atoms with Gasteiger partial charge in [0.15, 0.2) is 18.1 Å². The van der Waals surface area contributed by atoms with E-state index in [2.05, 4.69) is 5.32 Å². The molecule has 1 amide bonds. The Balaban J connectivity index is 1.96. The summed E-state index contributed by atoms with van der Waals surface area (Å²) >= 11 is 0. The summed E-state index contributed by atoms with van der Waals surface area (Å²) in [4.78, 5) is 12.1. The molecule has 2 rings (SSSR count). The van der Waals surface area contributed by atoms with Gasteiger partial charge in [-0.15, -0.1) is 0 Å². The second-order valence-electron chi connectivity index (χ2n) is 5.58. The Kier molecular flexibility index (Phi) is 6.49. The molecule has 7 heteroatoms. The fourth-order valence-corrected chi connectivity index (χ4v) is 2.34. The van der Waals surface area contributed by atoms with Crippen molar-refractivity contribution in [2.45, 2.75) is 26.1 Å². The Morgan fingerprint density at radius 2 is 1.73 bits per heavy atom. The van der Waals surface area contributed by atoms with Crippen molar-refractivity contribution in [2.24, 2.45) is 0 Å². The number of hydrogen-bond acceptors (Lipinski definition) is 3. The lowest BCUT2D eigenvalue weighted by Gasteiger charge is -2.17. The average Bonchev–Trinajstić information content (AvgIpc) is 2.60. The summed E-state index contributed by atoms with van der Waals surface area (Å²) in [6.07, 6.45) is -4.42. The zero-order chi connectivity index (χ0) is 19.2. The first-order valence-corrected chi connectivity index (χ1v) is 8.12. The quantitative estimate of drug-likeness (QED) is 0.791. The second kappa shape index (κ2) is 8.60. The first-order chi connectivity index (χ1) is 12.3. The van der Waals surface area contributed by atoms with E-state index in [0.29, 0.717) is 23.7 Å². The molecule has 26 heavy (non-hydrogen) atoms. The molecule has 1 atom stereocenters. The Bertz CT molecular complexity index is 747. The molecule has 0 radical (unpaired) electrons. The van der Waals surface area contributed by atoms with E-state index >= 15 is 0 Å². The number of rotatable bonds is 7. The highest BCUT2D eigenvalue weighted by molar-refractivity contribution is 5.78. The summed E-state index contributed by atoms with van der Waals surface area (Å²) in [6.45, 7) is 3.63. The molecule has 1 unspecified atom stereocenters. The van der Waals surface area contributed by atoms with Crippen LogP contribution in [0.5, 0.6) is 11.5 Å². The van der Waals surface area contributed by atoms with Crippen LogP contribution < -0.4 is 14.8 Å². The molecule has 2 aromatic carbocycles. The Hall–Kier alpha value is -2.70. The lowest BCUT2D eigenvalue weighted by molar-refractivity contribution is -0.137. The van der Waals surface area contributed by atoms with Gasteiger partial charge < -0.3 is 14.8 Å². The van der Waals surface area contributed by atoms with Crippen molar-refractivity contribution in [3.05, 3.63) is 59.7 Å². The third-order valence-electron chi connectivity index (χ3n) is 3.60. The fourth-order valence-electron chi connectivity index (χ4n) is 2.34. The number of carbonyl (C=O) groups excluding carboxylic acids is 1. The number of hydrogen-bond donors (Lipinski definition) is 1. The molecule has 4 nitrogen and oxygen atoms in total. The van der Waals surface area contributed by atoms with E-state index in [1.54, 1.807) is 31.2 Å². The molecular weight excluding hydrogens is 347 g/mol. The molecular formula is C19H20F3NO3. The van der Waals surface area contributed by atoms with Gasteiger partial charge in [0.2, 0.25) is 0 Å². The van der Waals surface area contributed by atoms with Gasteiger partial charge in [-0.3, -0.25) is 4.79 Å². The minimum atomic E-state index is -4.42. The third-order valence-corrected chi connectivity index (χ3v) is 3.60. The number of benzene rings is 2. The van der Waals surface area contributed by atoms with Crippen molar-refractivity contribution in [3.8, 4) is 11.5 Å². The van der Waals surface area contributed by atoms with Crippen molar-refractivity contribution in [3.63, 3.8) is 0 Å². The summed E-state index contributed by atoms with van der Waals surface area (Å²) in [7, 11) is 0. The molecule has 0 saturated carbocycles. The first kappa shape index (κ1) is 19.6. The van der Waals surface area contributed by atoms with E-state index in [1.807, 2.05) is 6.92 Å². The van der Waals surface area contributed by atoms with E-state index in [1.165, 1.54) is 12.1 Å². The van der Waals surface area contributed by atoms with Gasteiger partial charge in [0.05, 0.1) is 18.2 Å². The summed E-state index contributed by atoms with van der Waals surface area (Å²) in [5, 5.41) is 2.62. The number of alkyl halides is 3. The summed E-state index contributed by atoms with van der Waals surface area (Å²) in [6, 6.07) is 11.2. The molecule has 2 aromatic rings. The standard InChI is InChI=1S/C19H20F3NO3/c1-3-25-16-9-4-5-10-17(16)26-12-18(24)23-13(2)14-7-6-8-15(11-14)19(20,21)22/h4-11,13H,3,12H2,1-2H3,(H,23,24). The van der Waals surface area contributed by atoms with Crippen molar-refractivity contribution in [1.82, 2.24) is 5.32 Å². The topological polar surface area (TPSA) is 47.6 Å². The number of halogens is 3. The Labute approximate surface area is 149 Å². The minimum Gasteiger partial charge on any atom is -0.490 e. The second-order valence-corrected chi connectivity index (χ2v) is 5.58. The highest BCUT2D eigenvalue weighted by Crippen LogP contribution is 2.30.